The molecular formula is C19H27N5O2. The summed E-state index contributed by atoms with van der Waals surface area (Å²) < 4.78 is 7.62. The molecule has 0 radical (unpaired) electrons. The van der Waals surface area contributed by atoms with Gasteiger partial charge in [0.2, 0.25) is 0 Å². The fourth-order valence-corrected chi connectivity index (χ4v) is 3.43. The van der Waals surface area contributed by atoms with Gasteiger partial charge in [0.15, 0.2) is 5.69 Å². The first-order valence-electron chi connectivity index (χ1n) is 9.06. The predicted octanol–water partition coefficient (Wildman–Crippen LogP) is 2.22. The number of anilines is 1. The topological polar surface area (TPSA) is 72.3 Å². The summed E-state index contributed by atoms with van der Waals surface area (Å²) in [6.45, 7) is 7.42. The molecule has 7 nitrogen and oxygen atoms in total. The third-order valence-corrected chi connectivity index (χ3v) is 4.85. The zero-order chi connectivity index (χ0) is 18.8. The number of ether oxygens (including phenoxy) is 1. The van der Waals surface area contributed by atoms with E-state index >= 15 is 0 Å². The molecule has 2 atom stereocenters. The average Bonchev–Trinajstić information content (AvgIpc) is 2.96. The molecule has 0 saturated carbocycles. The van der Waals surface area contributed by atoms with Gasteiger partial charge in [-0.15, -0.1) is 0 Å². The second-order valence-electron chi connectivity index (χ2n) is 6.85. The van der Waals surface area contributed by atoms with Crippen LogP contribution in [0.1, 0.15) is 54.2 Å². The maximum absolute atomic E-state index is 12.7. The van der Waals surface area contributed by atoms with Gasteiger partial charge in [0.05, 0.1) is 17.9 Å². The van der Waals surface area contributed by atoms with Gasteiger partial charge >= 0.3 is 0 Å². The Kier molecular flexibility index (Phi) is 5.27. The van der Waals surface area contributed by atoms with Crippen LogP contribution in [0.25, 0.3) is 0 Å². The Balaban J connectivity index is 1.75. The van der Waals surface area contributed by atoms with Crippen LogP contribution in [0, 0.1) is 0 Å². The lowest BCUT2D eigenvalue weighted by atomic mass is 9.99. The highest BCUT2D eigenvalue weighted by molar-refractivity contribution is 5.94. The number of nitrogens with one attached hydrogen (secondary N) is 1. The van der Waals surface area contributed by atoms with E-state index in [-0.39, 0.29) is 18.1 Å². The largest absolute Gasteiger partial charge is 0.369 e. The summed E-state index contributed by atoms with van der Waals surface area (Å²) >= 11 is 0. The van der Waals surface area contributed by atoms with Crippen molar-refractivity contribution < 1.29 is 9.53 Å². The number of hydrogen-bond donors (Lipinski definition) is 1. The number of aromatic nitrogens is 3. The zero-order valence-corrected chi connectivity index (χ0v) is 16.1. The third kappa shape index (κ3) is 3.58. The van der Waals surface area contributed by atoms with Gasteiger partial charge in [-0.3, -0.25) is 9.48 Å². The van der Waals surface area contributed by atoms with E-state index in [1.165, 1.54) is 0 Å². The van der Waals surface area contributed by atoms with Crippen molar-refractivity contribution in [3.05, 3.63) is 40.8 Å². The molecule has 7 heteroatoms. The smallest absolute Gasteiger partial charge is 0.272 e. The van der Waals surface area contributed by atoms with Gasteiger partial charge in [-0.2, -0.15) is 5.10 Å². The number of nitrogens with zero attached hydrogens (tertiary/aromatic N) is 4. The number of hydrogen-bond acceptors (Lipinski definition) is 5. The number of aryl methyl sites for hydroxylation is 1. The van der Waals surface area contributed by atoms with Gasteiger partial charge < -0.3 is 15.0 Å². The van der Waals surface area contributed by atoms with Crippen LogP contribution in [0.5, 0.6) is 0 Å². The lowest BCUT2D eigenvalue weighted by Gasteiger charge is -2.26. The van der Waals surface area contributed by atoms with Gasteiger partial charge in [-0.1, -0.05) is 0 Å². The van der Waals surface area contributed by atoms with Gasteiger partial charge in [-0.25, -0.2) is 4.98 Å². The monoisotopic (exact) mass is 357 g/mol. The van der Waals surface area contributed by atoms with Gasteiger partial charge in [0.1, 0.15) is 5.82 Å². The summed E-state index contributed by atoms with van der Waals surface area (Å²) in [5.74, 6) is 0.750. The van der Waals surface area contributed by atoms with Crippen molar-refractivity contribution in [3.63, 3.8) is 0 Å². The lowest BCUT2D eigenvalue weighted by molar-refractivity contribution is -0.00903. The molecule has 0 spiro atoms. The van der Waals surface area contributed by atoms with Gasteiger partial charge in [0.25, 0.3) is 5.91 Å². The Morgan fingerprint density at radius 1 is 1.46 bits per heavy atom. The number of rotatable bonds is 5. The molecule has 140 valence electrons. The average molecular weight is 357 g/mol. The minimum Gasteiger partial charge on any atom is -0.369 e. The molecule has 3 rings (SSSR count). The summed E-state index contributed by atoms with van der Waals surface area (Å²) in [4.78, 5) is 19.2. The number of carbonyl (C=O) groups is 1. The molecule has 0 bridgehead atoms. The van der Waals surface area contributed by atoms with E-state index in [9.17, 15) is 4.79 Å². The number of amides is 1. The van der Waals surface area contributed by atoms with E-state index in [0.29, 0.717) is 18.7 Å². The summed E-state index contributed by atoms with van der Waals surface area (Å²) in [5.41, 5.74) is 3.50. The quantitative estimate of drug-likeness (QED) is 0.888. The number of carbonyl (C=O) groups excluding carboxylic acids is 1. The second kappa shape index (κ2) is 7.45. The molecule has 26 heavy (non-hydrogen) atoms. The lowest BCUT2D eigenvalue weighted by Crippen LogP contribution is -2.27. The number of pyridine rings is 1. The molecule has 2 aromatic heterocycles. The zero-order valence-electron chi connectivity index (χ0n) is 16.1. The van der Waals surface area contributed by atoms with Crippen LogP contribution in [0.2, 0.25) is 0 Å². The Hall–Kier alpha value is -2.41. The van der Waals surface area contributed by atoms with E-state index in [1.54, 1.807) is 10.9 Å². The maximum atomic E-state index is 12.7. The SMILES string of the molecule is CCN(C)c1cc(CNC(=O)c2nn(C)c3c2C[C@H](C)O[C@@H]3C)ccn1. The molecule has 0 aliphatic carbocycles. The fraction of sp³-hybridized carbons (Fsp3) is 0.526. The van der Waals surface area contributed by atoms with E-state index in [0.717, 1.165) is 29.2 Å². The van der Waals surface area contributed by atoms with E-state index < -0.39 is 0 Å². The molecule has 3 heterocycles. The van der Waals surface area contributed by atoms with Crippen LogP contribution in [0.3, 0.4) is 0 Å². The normalized spacial score (nSPS) is 19.1. The predicted molar refractivity (Wildman–Crippen MR) is 100 cm³/mol. The van der Waals surface area contributed by atoms with Crippen molar-refractivity contribution in [1.29, 1.82) is 0 Å². The Bertz CT molecular complexity index is 801. The highest BCUT2D eigenvalue weighted by Crippen LogP contribution is 2.31. The van der Waals surface area contributed by atoms with Crippen LogP contribution < -0.4 is 10.2 Å². The van der Waals surface area contributed by atoms with E-state index in [4.69, 9.17) is 4.74 Å². The fourth-order valence-electron chi connectivity index (χ4n) is 3.43. The first-order valence-corrected chi connectivity index (χ1v) is 9.06. The van der Waals surface area contributed by atoms with E-state index in [1.807, 2.05) is 40.1 Å². The molecule has 0 unspecified atom stereocenters. The van der Waals surface area contributed by atoms with E-state index in [2.05, 4.69) is 27.2 Å². The number of fused-ring (bicyclic) bond motifs is 1. The molecule has 0 fully saturated rings. The first kappa shape index (κ1) is 18.4. The molecule has 1 amide bonds. The minimum absolute atomic E-state index is 0.0554. The molecule has 2 aromatic rings. The Morgan fingerprint density at radius 3 is 2.96 bits per heavy atom. The second-order valence-corrected chi connectivity index (χ2v) is 6.85. The van der Waals surface area contributed by atoms with Crippen LogP contribution in [-0.2, 0) is 24.8 Å². The summed E-state index contributed by atoms with van der Waals surface area (Å²) in [7, 11) is 3.86. The molecule has 1 aliphatic rings. The summed E-state index contributed by atoms with van der Waals surface area (Å²) in [6.07, 6.45) is 2.50. The molecular weight excluding hydrogens is 330 g/mol. The minimum atomic E-state index is -0.148. The van der Waals surface area contributed by atoms with Crippen molar-refractivity contribution in [3.8, 4) is 0 Å². The Labute approximate surface area is 154 Å². The van der Waals surface area contributed by atoms with Crippen molar-refractivity contribution in [1.82, 2.24) is 20.1 Å². The third-order valence-electron chi connectivity index (χ3n) is 4.85. The highest BCUT2D eigenvalue weighted by atomic mass is 16.5. The van der Waals surface area contributed by atoms with Crippen molar-refractivity contribution >= 4 is 11.7 Å². The van der Waals surface area contributed by atoms with Crippen LogP contribution >= 0.6 is 0 Å². The van der Waals surface area contributed by atoms with Gasteiger partial charge in [0, 0.05) is 45.4 Å². The Morgan fingerprint density at radius 2 is 2.23 bits per heavy atom. The van der Waals surface area contributed by atoms with Crippen molar-refractivity contribution in [2.45, 2.75) is 45.9 Å². The van der Waals surface area contributed by atoms with Crippen molar-refractivity contribution in [2.24, 2.45) is 7.05 Å². The highest BCUT2D eigenvalue weighted by Gasteiger charge is 2.31. The summed E-state index contributed by atoms with van der Waals surface area (Å²) in [5, 5.41) is 7.44. The maximum Gasteiger partial charge on any atom is 0.272 e. The molecule has 1 aliphatic heterocycles. The molecule has 1 N–H and O–H groups in total. The van der Waals surface area contributed by atoms with Crippen LogP contribution in [-0.4, -0.2) is 40.4 Å². The summed E-state index contributed by atoms with van der Waals surface area (Å²) in [6, 6.07) is 3.91. The van der Waals surface area contributed by atoms with Gasteiger partial charge in [-0.05, 0) is 38.5 Å². The molecule has 0 aromatic carbocycles. The standard InChI is InChI=1S/C19H27N5O2/c1-6-23(4)16-10-14(7-8-20-16)11-21-19(25)17-15-9-12(2)26-13(3)18(15)24(5)22-17/h7-8,10,12-13H,6,9,11H2,1-5H3,(H,21,25)/t12-,13+/m0/s1. The van der Waals surface area contributed by atoms with Crippen LogP contribution in [0.15, 0.2) is 18.3 Å². The first-order chi connectivity index (χ1) is 12.4. The van der Waals surface area contributed by atoms with Crippen LogP contribution in [0.4, 0.5) is 5.82 Å². The molecule has 0 saturated heterocycles. The van der Waals surface area contributed by atoms with Crippen molar-refractivity contribution in [2.75, 3.05) is 18.5 Å².